The molecule has 2 aromatic carbocycles. The zero-order valence-corrected chi connectivity index (χ0v) is 18.9. The van der Waals surface area contributed by atoms with E-state index in [0.717, 1.165) is 47.4 Å². The molecule has 0 bridgehead atoms. The van der Waals surface area contributed by atoms with Crippen LogP contribution in [0.2, 0.25) is 0 Å². The van der Waals surface area contributed by atoms with Crippen LogP contribution in [-0.2, 0) is 17.9 Å². The summed E-state index contributed by atoms with van der Waals surface area (Å²) in [5.41, 5.74) is 3.94. The highest BCUT2D eigenvalue weighted by Crippen LogP contribution is 2.32. The largest absolute Gasteiger partial charge is 0.489 e. The maximum Gasteiger partial charge on any atom is 0.325 e. The van der Waals surface area contributed by atoms with Crippen molar-refractivity contribution in [2.24, 2.45) is 0 Å². The first-order valence-electron chi connectivity index (χ1n) is 11.5. The number of aromatic nitrogens is 2. The van der Waals surface area contributed by atoms with Crippen LogP contribution in [-0.4, -0.2) is 57.0 Å². The number of aromatic amines is 1. The molecule has 3 heterocycles. The molecule has 0 radical (unpaired) electrons. The maximum atomic E-state index is 12.4. The van der Waals surface area contributed by atoms with Crippen LogP contribution in [0.1, 0.15) is 22.7 Å². The van der Waals surface area contributed by atoms with Crippen LogP contribution in [0.3, 0.4) is 0 Å². The topological polar surface area (TPSA) is 81.7 Å². The Kier molecular flexibility index (Phi) is 6.56. The highest BCUT2D eigenvalue weighted by atomic mass is 16.5. The molecule has 7 nitrogen and oxygen atoms in total. The number of pyridine rings is 1. The number of ether oxygens (including phenoxy) is 1. The van der Waals surface area contributed by atoms with Crippen LogP contribution in [0, 0.1) is 0 Å². The lowest BCUT2D eigenvalue weighted by Crippen LogP contribution is -2.48. The van der Waals surface area contributed by atoms with Gasteiger partial charge >= 0.3 is 5.97 Å². The SMILES string of the molecule is O=C(O)C(c1c[nH]c2ccc(OCc3ccccc3)cc12)N1CCN(Cc2cccnc2)CC1. The minimum atomic E-state index is -0.836. The molecule has 5 rings (SSSR count). The molecule has 2 N–H and O–H groups in total. The van der Waals surface area contributed by atoms with E-state index in [2.05, 4.69) is 25.8 Å². The number of H-pyrrole nitrogens is 1. The number of hydrogen-bond acceptors (Lipinski definition) is 5. The predicted octanol–water partition coefficient (Wildman–Crippen LogP) is 4.09. The molecule has 2 aromatic heterocycles. The van der Waals surface area contributed by atoms with Gasteiger partial charge in [0.2, 0.25) is 0 Å². The van der Waals surface area contributed by atoms with Crippen LogP contribution in [0.25, 0.3) is 10.9 Å². The second-order valence-electron chi connectivity index (χ2n) is 8.64. The second kappa shape index (κ2) is 10.1. The molecule has 0 spiro atoms. The number of carbonyl (C=O) groups is 1. The highest BCUT2D eigenvalue weighted by Gasteiger charge is 2.32. The standard InChI is InChI=1S/C27H28N4O3/c32-27(33)26(31-13-11-30(12-14-31)18-21-7-4-10-28-16-21)24-17-29-25-9-8-22(15-23(24)25)34-19-20-5-2-1-3-6-20/h1-10,15-17,26,29H,11-14,18-19H2,(H,32,33). The zero-order valence-electron chi connectivity index (χ0n) is 18.9. The summed E-state index contributed by atoms with van der Waals surface area (Å²) in [6.07, 6.45) is 5.49. The van der Waals surface area contributed by atoms with Gasteiger partial charge in [-0.3, -0.25) is 19.6 Å². The number of nitrogens with zero attached hydrogens (tertiary/aromatic N) is 3. The van der Waals surface area contributed by atoms with Crippen LogP contribution in [0.4, 0.5) is 0 Å². The van der Waals surface area contributed by atoms with Crippen molar-refractivity contribution in [3.63, 3.8) is 0 Å². The number of hydrogen-bond donors (Lipinski definition) is 2. The zero-order chi connectivity index (χ0) is 23.3. The smallest absolute Gasteiger partial charge is 0.325 e. The van der Waals surface area contributed by atoms with Gasteiger partial charge in [0.1, 0.15) is 18.4 Å². The number of carboxylic acid groups (broad SMARTS) is 1. The van der Waals surface area contributed by atoms with Gasteiger partial charge in [-0.05, 0) is 35.4 Å². The fourth-order valence-corrected chi connectivity index (χ4v) is 4.59. The van der Waals surface area contributed by atoms with Crippen molar-refractivity contribution in [2.75, 3.05) is 26.2 Å². The third-order valence-corrected chi connectivity index (χ3v) is 6.36. The van der Waals surface area contributed by atoms with E-state index in [-0.39, 0.29) is 0 Å². The number of carboxylic acids is 1. The Morgan fingerprint density at radius 3 is 2.56 bits per heavy atom. The minimum absolute atomic E-state index is 0.466. The predicted molar refractivity (Wildman–Crippen MR) is 131 cm³/mol. The molecule has 0 aliphatic carbocycles. The van der Waals surface area contributed by atoms with Gasteiger partial charge in [-0.15, -0.1) is 0 Å². The number of aliphatic carboxylic acids is 1. The number of benzene rings is 2. The Morgan fingerprint density at radius 2 is 1.82 bits per heavy atom. The molecule has 34 heavy (non-hydrogen) atoms. The molecule has 1 atom stereocenters. The Morgan fingerprint density at radius 1 is 1.03 bits per heavy atom. The van der Waals surface area contributed by atoms with Crippen LogP contribution < -0.4 is 4.74 Å². The third kappa shape index (κ3) is 4.95. The first-order valence-corrected chi connectivity index (χ1v) is 11.5. The highest BCUT2D eigenvalue weighted by molar-refractivity contribution is 5.90. The summed E-state index contributed by atoms with van der Waals surface area (Å²) in [6.45, 7) is 4.29. The Hall–Kier alpha value is -3.68. The number of fused-ring (bicyclic) bond motifs is 1. The van der Waals surface area contributed by atoms with Gasteiger partial charge < -0.3 is 14.8 Å². The van der Waals surface area contributed by atoms with Crippen LogP contribution >= 0.6 is 0 Å². The van der Waals surface area contributed by atoms with E-state index < -0.39 is 12.0 Å². The van der Waals surface area contributed by atoms with E-state index in [9.17, 15) is 9.90 Å². The molecule has 1 aliphatic heterocycles. The van der Waals surface area contributed by atoms with E-state index in [1.54, 1.807) is 6.20 Å². The first kappa shape index (κ1) is 22.1. The Bertz CT molecular complexity index is 1230. The molecule has 4 aromatic rings. The van der Waals surface area contributed by atoms with E-state index in [0.29, 0.717) is 19.7 Å². The maximum absolute atomic E-state index is 12.4. The lowest BCUT2D eigenvalue weighted by atomic mass is 10.0. The molecular formula is C27H28N4O3. The average Bonchev–Trinajstić information content (AvgIpc) is 3.28. The molecule has 7 heteroatoms. The summed E-state index contributed by atoms with van der Waals surface area (Å²) in [6, 6.07) is 19.1. The monoisotopic (exact) mass is 456 g/mol. The Balaban J connectivity index is 1.31. The Labute approximate surface area is 198 Å². The summed E-state index contributed by atoms with van der Waals surface area (Å²) < 4.78 is 5.99. The summed E-state index contributed by atoms with van der Waals surface area (Å²) in [5.74, 6) is -0.111. The van der Waals surface area contributed by atoms with Crippen molar-refractivity contribution in [3.8, 4) is 5.75 Å². The molecule has 1 fully saturated rings. The van der Waals surface area contributed by atoms with Crippen molar-refractivity contribution >= 4 is 16.9 Å². The van der Waals surface area contributed by atoms with Gasteiger partial charge in [0.15, 0.2) is 0 Å². The summed E-state index contributed by atoms with van der Waals surface area (Å²) in [4.78, 5) is 24.2. The second-order valence-corrected chi connectivity index (χ2v) is 8.64. The van der Waals surface area contributed by atoms with Crippen LogP contribution in [0.5, 0.6) is 5.75 Å². The minimum Gasteiger partial charge on any atom is -0.489 e. The molecule has 0 saturated carbocycles. The number of piperazine rings is 1. The summed E-state index contributed by atoms with van der Waals surface area (Å²) in [7, 11) is 0. The van der Waals surface area contributed by atoms with Gasteiger partial charge in [-0.2, -0.15) is 0 Å². The lowest BCUT2D eigenvalue weighted by molar-refractivity contribution is -0.144. The van der Waals surface area contributed by atoms with Gasteiger partial charge in [-0.25, -0.2) is 0 Å². The third-order valence-electron chi connectivity index (χ3n) is 6.36. The quantitative estimate of drug-likeness (QED) is 0.416. The van der Waals surface area contributed by atoms with E-state index in [1.807, 2.05) is 67.0 Å². The fraction of sp³-hybridized carbons (Fsp3) is 0.259. The van der Waals surface area contributed by atoms with Gasteiger partial charge in [0.25, 0.3) is 0 Å². The van der Waals surface area contributed by atoms with E-state index in [4.69, 9.17) is 4.74 Å². The normalized spacial score (nSPS) is 15.9. The van der Waals surface area contributed by atoms with E-state index >= 15 is 0 Å². The van der Waals surface area contributed by atoms with Gasteiger partial charge in [0.05, 0.1) is 0 Å². The lowest BCUT2D eigenvalue weighted by Gasteiger charge is -2.37. The number of nitrogens with one attached hydrogen (secondary N) is 1. The molecule has 0 amide bonds. The summed E-state index contributed by atoms with van der Waals surface area (Å²) in [5, 5.41) is 11.1. The molecule has 1 unspecified atom stereocenters. The molecule has 1 saturated heterocycles. The fourth-order valence-electron chi connectivity index (χ4n) is 4.59. The first-order chi connectivity index (χ1) is 16.7. The van der Waals surface area contributed by atoms with Crippen LogP contribution in [0.15, 0.2) is 79.3 Å². The van der Waals surface area contributed by atoms with Crippen molar-refractivity contribution in [1.82, 2.24) is 19.8 Å². The summed E-state index contributed by atoms with van der Waals surface area (Å²) >= 11 is 0. The molecule has 174 valence electrons. The van der Waals surface area contributed by atoms with Crippen molar-refractivity contribution in [1.29, 1.82) is 0 Å². The van der Waals surface area contributed by atoms with Crippen molar-refractivity contribution in [2.45, 2.75) is 19.2 Å². The van der Waals surface area contributed by atoms with Crippen molar-refractivity contribution in [3.05, 3.63) is 95.9 Å². The molecular weight excluding hydrogens is 428 g/mol. The van der Waals surface area contributed by atoms with Gasteiger partial charge in [0, 0.05) is 67.8 Å². The average molecular weight is 457 g/mol. The number of rotatable bonds is 8. The molecule has 1 aliphatic rings. The van der Waals surface area contributed by atoms with Gasteiger partial charge in [-0.1, -0.05) is 36.4 Å². The van der Waals surface area contributed by atoms with E-state index in [1.165, 1.54) is 5.56 Å². The van der Waals surface area contributed by atoms with Crippen molar-refractivity contribution < 1.29 is 14.6 Å².